The Morgan fingerprint density at radius 3 is 1.92 bits per heavy atom. The lowest BCUT2D eigenvalue weighted by molar-refractivity contribution is 0.0955. The van der Waals surface area contributed by atoms with Gasteiger partial charge in [0.1, 0.15) is 5.75 Å². The highest BCUT2D eigenvalue weighted by Gasteiger charge is 2.14. The SMILES string of the molecule is O=C(N/N=C\c1cc(Br)cc(Br)c1O)c1ccc(-n2c(-c3ccccc3)ccc2-c2ccccc2)cc1. The molecule has 0 aliphatic carbocycles. The first kappa shape index (κ1) is 24.7. The van der Waals surface area contributed by atoms with E-state index >= 15 is 0 Å². The van der Waals surface area contributed by atoms with Crippen molar-refractivity contribution in [3.05, 3.63) is 129 Å². The Balaban J connectivity index is 1.42. The van der Waals surface area contributed by atoms with Crippen LogP contribution >= 0.6 is 31.9 Å². The molecular weight excluding hydrogens is 594 g/mol. The number of hydrogen-bond acceptors (Lipinski definition) is 3. The quantitative estimate of drug-likeness (QED) is 0.151. The van der Waals surface area contributed by atoms with E-state index in [-0.39, 0.29) is 11.7 Å². The Morgan fingerprint density at radius 2 is 1.35 bits per heavy atom. The first-order valence-electron chi connectivity index (χ1n) is 11.5. The second-order valence-electron chi connectivity index (χ2n) is 8.24. The van der Waals surface area contributed by atoms with Gasteiger partial charge in [0, 0.05) is 21.3 Å². The summed E-state index contributed by atoms with van der Waals surface area (Å²) in [5.41, 5.74) is 8.71. The predicted molar refractivity (Wildman–Crippen MR) is 155 cm³/mol. The standard InChI is InChI=1S/C30H21Br2N3O2/c31-24-17-23(29(36)26(32)18-24)19-33-34-30(37)22-11-13-25(14-12-22)35-27(20-7-3-1-4-8-20)15-16-28(35)21-9-5-2-6-10-21/h1-19,36H,(H,34,37)/b33-19-. The van der Waals surface area contributed by atoms with E-state index in [2.05, 4.69) is 83.4 Å². The summed E-state index contributed by atoms with van der Waals surface area (Å²) >= 11 is 6.66. The Kier molecular flexibility index (Phi) is 7.35. The Hall–Kier alpha value is -3.94. The number of nitrogens with zero attached hydrogens (tertiary/aromatic N) is 2. The van der Waals surface area contributed by atoms with Crippen molar-refractivity contribution in [2.24, 2.45) is 5.10 Å². The van der Waals surface area contributed by atoms with E-state index in [9.17, 15) is 9.90 Å². The number of rotatable bonds is 6. The predicted octanol–water partition coefficient (Wildman–Crippen LogP) is 7.81. The molecule has 37 heavy (non-hydrogen) atoms. The van der Waals surface area contributed by atoms with Gasteiger partial charge in [0.05, 0.1) is 22.1 Å². The first-order chi connectivity index (χ1) is 18.0. The van der Waals surface area contributed by atoms with Gasteiger partial charge in [0.2, 0.25) is 0 Å². The number of halogens is 2. The van der Waals surface area contributed by atoms with Crippen LogP contribution in [0.25, 0.3) is 28.2 Å². The Morgan fingerprint density at radius 1 is 0.784 bits per heavy atom. The second kappa shape index (κ2) is 11.0. The van der Waals surface area contributed by atoms with Crippen molar-refractivity contribution in [1.82, 2.24) is 9.99 Å². The lowest BCUT2D eigenvalue weighted by atomic mass is 10.1. The van der Waals surface area contributed by atoms with Crippen molar-refractivity contribution >= 4 is 44.0 Å². The van der Waals surface area contributed by atoms with E-state index in [0.29, 0.717) is 15.6 Å². The van der Waals surface area contributed by atoms with E-state index in [1.165, 1.54) is 6.21 Å². The van der Waals surface area contributed by atoms with Gasteiger partial charge in [-0.05, 0) is 75.6 Å². The Labute approximate surface area is 231 Å². The molecule has 2 N–H and O–H groups in total. The topological polar surface area (TPSA) is 66.6 Å². The molecule has 182 valence electrons. The molecule has 0 spiro atoms. The zero-order chi connectivity index (χ0) is 25.8. The highest BCUT2D eigenvalue weighted by molar-refractivity contribution is 9.11. The van der Waals surface area contributed by atoms with Gasteiger partial charge in [-0.2, -0.15) is 5.10 Å². The first-order valence-corrected chi connectivity index (χ1v) is 13.0. The van der Waals surface area contributed by atoms with Crippen LogP contribution in [0, 0.1) is 0 Å². The minimum atomic E-state index is -0.351. The number of benzene rings is 4. The van der Waals surface area contributed by atoms with Gasteiger partial charge in [-0.25, -0.2) is 5.43 Å². The number of carbonyl (C=O) groups is 1. The van der Waals surface area contributed by atoms with Crippen LogP contribution in [0.1, 0.15) is 15.9 Å². The molecular formula is C30H21Br2N3O2. The molecule has 7 heteroatoms. The number of phenolic OH excluding ortho intramolecular Hbond substituents is 1. The molecule has 0 aliphatic rings. The van der Waals surface area contributed by atoms with Gasteiger partial charge in [-0.1, -0.05) is 76.6 Å². The van der Waals surface area contributed by atoms with Crippen LogP contribution in [0.3, 0.4) is 0 Å². The fourth-order valence-corrected chi connectivity index (χ4v) is 5.31. The van der Waals surface area contributed by atoms with Crippen LogP contribution in [0.5, 0.6) is 5.75 Å². The van der Waals surface area contributed by atoms with E-state index in [4.69, 9.17) is 0 Å². The largest absolute Gasteiger partial charge is 0.506 e. The zero-order valence-corrected chi connectivity index (χ0v) is 22.6. The minimum absolute atomic E-state index is 0.0423. The van der Waals surface area contributed by atoms with Crippen molar-refractivity contribution < 1.29 is 9.90 Å². The fourth-order valence-electron chi connectivity index (χ4n) is 4.05. The molecule has 1 amide bonds. The number of phenols is 1. The normalized spacial score (nSPS) is 11.1. The molecule has 1 aromatic heterocycles. The summed E-state index contributed by atoms with van der Waals surface area (Å²) < 4.78 is 3.49. The van der Waals surface area contributed by atoms with Crippen molar-refractivity contribution in [3.63, 3.8) is 0 Å². The van der Waals surface area contributed by atoms with E-state index in [1.54, 1.807) is 24.3 Å². The van der Waals surface area contributed by atoms with Gasteiger partial charge in [0.15, 0.2) is 0 Å². The van der Waals surface area contributed by atoms with Gasteiger partial charge >= 0.3 is 0 Å². The monoisotopic (exact) mass is 613 g/mol. The van der Waals surface area contributed by atoms with Crippen LogP contribution in [0.2, 0.25) is 0 Å². The third kappa shape index (κ3) is 5.43. The highest BCUT2D eigenvalue weighted by atomic mass is 79.9. The van der Waals surface area contributed by atoms with Crippen LogP contribution in [-0.4, -0.2) is 21.8 Å². The molecule has 0 aliphatic heterocycles. The second-order valence-corrected chi connectivity index (χ2v) is 10.0. The van der Waals surface area contributed by atoms with E-state index < -0.39 is 0 Å². The van der Waals surface area contributed by atoms with Crippen LogP contribution in [0.4, 0.5) is 0 Å². The fraction of sp³-hybridized carbons (Fsp3) is 0. The maximum Gasteiger partial charge on any atom is 0.271 e. The van der Waals surface area contributed by atoms with Crippen molar-refractivity contribution in [2.45, 2.75) is 0 Å². The van der Waals surface area contributed by atoms with Gasteiger partial charge in [-0.3, -0.25) is 4.79 Å². The van der Waals surface area contributed by atoms with E-state index in [0.717, 1.165) is 32.7 Å². The molecule has 0 radical (unpaired) electrons. The molecule has 0 bridgehead atoms. The van der Waals surface area contributed by atoms with E-state index in [1.807, 2.05) is 48.5 Å². The van der Waals surface area contributed by atoms with Gasteiger partial charge in [0.25, 0.3) is 5.91 Å². The van der Waals surface area contributed by atoms with Crippen LogP contribution < -0.4 is 5.43 Å². The molecule has 0 fully saturated rings. The van der Waals surface area contributed by atoms with Crippen molar-refractivity contribution in [1.29, 1.82) is 0 Å². The molecule has 0 saturated carbocycles. The smallest absolute Gasteiger partial charge is 0.271 e. The highest BCUT2D eigenvalue weighted by Crippen LogP contribution is 2.33. The number of hydrogen-bond donors (Lipinski definition) is 2. The summed E-state index contributed by atoms with van der Waals surface area (Å²) in [4.78, 5) is 12.7. The third-order valence-electron chi connectivity index (χ3n) is 5.84. The van der Waals surface area contributed by atoms with Gasteiger partial charge in [-0.15, -0.1) is 0 Å². The molecule has 5 nitrogen and oxygen atoms in total. The van der Waals surface area contributed by atoms with Gasteiger partial charge < -0.3 is 9.67 Å². The average Bonchev–Trinajstić information content (AvgIpc) is 3.37. The molecule has 0 atom stereocenters. The summed E-state index contributed by atoms with van der Waals surface area (Å²) in [6.07, 6.45) is 1.40. The number of aromatic hydroxyl groups is 1. The summed E-state index contributed by atoms with van der Waals surface area (Å²) in [5, 5.41) is 14.2. The summed E-state index contributed by atoms with van der Waals surface area (Å²) in [7, 11) is 0. The lowest BCUT2D eigenvalue weighted by Gasteiger charge is -2.15. The number of nitrogens with one attached hydrogen (secondary N) is 1. The van der Waals surface area contributed by atoms with Crippen LogP contribution in [0.15, 0.2) is 123 Å². The number of hydrazone groups is 1. The number of aromatic nitrogens is 1. The molecule has 1 heterocycles. The molecule has 5 rings (SSSR count). The third-order valence-corrected chi connectivity index (χ3v) is 6.90. The maximum absolute atomic E-state index is 12.7. The zero-order valence-electron chi connectivity index (χ0n) is 19.5. The maximum atomic E-state index is 12.7. The summed E-state index contributed by atoms with van der Waals surface area (Å²) in [6.45, 7) is 0. The number of amides is 1. The molecule has 0 unspecified atom stereocenters. The van der Waals surface area contributed by atoms with Crippen molar-refractivity contribution in [3.8, 4) is 34.0 Å². The van der Waals surface area contributed by atoms with Crippen LogP contribution in [-0.2, 0) is 0 Å². The molecule has 5 aromatic rings. The Bertz CT molecular complexity index is 1520. The molecule has 4 aromatic carbocycles. The van der Waals surface area contributed by atoms with Crippen molar-refractivity contribution in [2.75, 3.05) is 0 Å². The summed E-state index contributed by atoms with van der Waals surface area (Å²) in [6, 6.07) is 35.5. The average molecular weight is 615 g/mol. The lowest BCUT2D eigenvalue weighted by Crippen LogP contribution is -2.17. The minimum Gasteiger partial charge on any atom is -0.506 e. The summed E-state index contributed by atoms with van der Waals surface area (Å²) in [5.74, 6) is -0.309. The number of carbonyl (C=O) groups excluding carboxylic acids is 1. The molecule has 0 saturated heterocycles.